The van der Waals surface area contributed by atoms with E-state index in [2.05, 4.69) is 39.2 Å². The Bertz CT molecular complexity index is 307. The summed E-state index contributed by atoms with van der Waals surface area (Å²) >= 11 is 3.43. The molecule has 0 spiro atoms. The van der Waals surface area contributed by atoms with Crippen molar-refractivity contribution < 1.29 is 4.74 Å². The van der Waals surface area contributed by atoms with Gasteiger partial charge in [0.05, 0.1) is 6.61 Å². The Kier molecular flexibility index (Phi) is 6.61. The summed E-state index contributed by atoms with van der Waals surface area (Å²) in [7, 11) is 1.72. The number of halogens is 1. The molecule has 0 bridgehead atoms. The van der Waals surface area contributed by atoms with Crippen LogP contribution in [0.1, 0.15) is 12.5 Å². The number of pyridine rings is 1. The van der Waals surface area contributed by atoms with Crippen molar-refractivity contribution in [2.45, 2.75) is 13.3 Å². The minimum absolute atomic E-state index is 0.605. The molecule has 0 radical (unpaired) electrons. The Morgan fingerprint density at radius 1 is 1.50 bits per heavy atom. The molecule has 1 unspecified atom stereocenters. The highest BCUT2D eigenvalue weighted by Crippen LogP contribution is 2.12. The normalized spacial score (nSPS) is 12.7. The number of nitrogens with one attached hydrogen (secondary N) is 1. The molecule has 0 saturated heterocycles. The molecule has 0 saturated carbocycles. The Balaban J connectivity index is 2.25. The van der Waals surface area contributed by atoms with Gasteiger partial charge in [0.2, 0.25) is 0 Å². The van der Waals surface area contributed by atoms with Crippen molar-refractivity contribution in [2.75, 3.05) is 26.8 Å². The predicted octanol–water partition coefficient (Wildman–Crippen LogP) is 2.26. The molecular formula is C12H19BrN2O. The van der Waals surface area contributed by atoms with Gasteiger partial charge >= 0.3 is 0 Å². The minimum atomic E-state index is 0.605. The number of hydrogen-bond acceptors (Lipinski definition) is 3. The van der Waals surface area contributed by atoms with E-state index in [4.69, 9.17) is 4.74 Å². The van der Waals surface area contributed by atoms with Crippen LogP contribution in [0.25, 0.3) is 0 Å². The number of aromatic nitrogens is 1. The largest absolute Gasteiger partial charge is 0.383 e. The topological polar surface area (TPSA) is 34.1 Å². The van der Waals surface area contributed by atoms with Crippen molar-refractivity contribution in [3.05, 3.63) is 28.5 Å². The van der Waals surface area contributed by atoms with E-state index < -0.39 is 0 Å². The summed E-state index contributed by atoms with van der Waals surface area (Å²) in [6.45, 7) is 4.93. The van der Waals surface area contributed by atoms with Gasteiger partial charge in [-0.3, -0.25) is 4.98 Å². The van der Waals surface area contributed by atoms with E-state index in [1.165, 1.54) is 5.56 Å². The zero-order valence-corrected chi connectivity index (χ0v) is 11.5. The first-order valence-electron chi connectivity index (χ1n) is 5.51. The Labute approximate surface area is 106 Å². The van der Waals surface area contributed by atoms with Crippen molar-refractivity contribution >= 4 is 15.9 Å². The monoisotopic (exact) mass is 286 g/mol. The summed E-state index contributed by atoms with van der Waals surface area (Å²) < 4.78 is 6.02. The second-order valence-electron chi connectivity index (χ2n) is 4.02. The maximum Gasteiger partial charge on any atom is 0.0587 e. The fourth-order valence-corrected chi connectivity index (χ4v) is 1.98. The first kappa shape index (κ1) is 13.6. The summed E-state index contributed by atoms with van der Waals surface area (Å²) in [5.41, 5.74) is 1.27. The zero-order chi connectivity index (χ0) is 11.8. The number of ether oxygens (including phenoxy) is 1. The fraction of sp³-hybridized carbons (Fsp3) is 0.583. The summed E-state index contributed by atoms with van der Waals surface area (Å²) in [6, 6.07) is 2.12. The van der Waals surface area contributed by atoms with Crippen LogP contribution in [0.5, 0.6) is 0 Å². The average molecular weight is 287 g/mol. The van der Waals surface area contributed by atoms with Crippen molar-refractivity contribution in [3.63, 3.8) is 0 Å². The molecule has 16 heavy (non-hydrogen) atoms. The minimum Gasteiger partial charge on any atom is -0.383 e. The summed E-state index contributed by atoms with van der Waals surface area (Å²) in [6.07, 6.45) is 4.79. The van der Waals surface area contributed by atoms with Gasteiger partial charge < -0.3 is 10.1 Å². The van der Waals surface area contributed by atoms with E-state index in [9.17, 15) is 0 Å². The van der Waals surface area contributed by atoms with Crippen LogP contribution in [0, 0.1) is 5.92 Å². The second-order valence-corrected chi connectivity index (χ2v) is 4.93. The molecule has 1 aromatic heterocycles. The molecule has 1 rings (SSSR count). The molecule has 1 atom stereocenters. The molecule has 0 aliphatic rings. The van der Waals surface area contributed by atoms with Crippen LogP contribution in [0.2, 0.25) is 0 Å². The lowest BCUT2D eigenvalue weighted by Gasteiger charge is -2.12. The van der Waals surface area contributed by atoms with Crippen LogP contribution in [-0.4, -0.2) is 31.8 Å². The molecule has 4 heteroatoms. The van der Waals surface area contributed by atoms with Crippen LogP contribution >= 0.6 is 15.9 Å². The lowest BCUT2D eigenvalue weighted by atomic mass is 10.0. The van der Waals surface area contributed by atoms with Crippen LogP contribution < -0.4 is 5.32 Å². The Morgan fingerprint density at radius 2 is 2.31 bits per heavy atom. The van der Waals surface area contributed by atoms with Gasteiger partial charge in [-0.1, -0.05) is 6.92 Å². The van der Waals surface area contributed by atoms with Gasteiger partial charge in [0.1, 0.15) is 0 Å². The van der Waals surface area contributed by atoms with Crippen LogP contribution in [0.4, 0.5) is 0 Å². The molecule has 0 aromatic carbocycles. The smallest absolute Gasteiger partial charge is 0.0587 e. The van der Waals surface area contributed by atoms with Gasteiger partial charge in [-0.25, -0.2) is 0 Å². The van der Waals surface area contributed by atoms with Crippen molar-refractivity contribution in [1.29, 1.82) is 0 Å². The van der Waals surface area contributed by atoms with Gasteiger partial charge in [-0.05, 0) is 46.4 Å². The maximum absolute atomic E-state index is 4.98. The van der Waals surface area contributed by atoms with Crippen molar-refractivity contribution in [3.8, 4) is 0 Å². The third kappa shape index (κ3) is 5.58. The standard InChI is InChI=1S/C12H19BrN2O/c1-10(7-14-3-4-16-2)5-11-6-12(13)9-15-8-11/h6,8-10,14H,3-5,7H2,1-2H3. The molecule has 0 aliphatic carbocycles. The quantitative estimate of drug-likeness (QED) is 0.781. The Hall–Kier alpha value is -0.450. The van der Waals surface area contributed by atoms with E-state index in [1.807, 2.05) is 12.4 Å². The van der Waals surface area contributed by atoms with E-state index in [-0.39, 0.29) is 0 Å². The molecule has 90 valence electrons. The van der Waals surface area contributed by atoms with Crippen LogP contribution in [0.3, 0.4) is 0 Å². The first-order valence-corrected chi connectivity index (χ1v) is 6.30. The van der Waals surface area contributed by atoms with Crippen LogP contribution in [-0.2, 0) is 11.2 Å². The van der Waals surface area contributed by atoms with E-state index >= 15 is 0 Å². The highest BCUT2D eigenvalue weighted by atomic mass is 79.9. The molecule has 1 aromatic rings. The SMILES string of the molecule is COCCNCC(C)Cc1cncc(Br)c1. The number of nitrogens with zero attached hydrogens (tertiary/aromatic N) is 1. The molecular weight excluding hydrogens is 268 g/mol. The molecule has 0 amide bonds. The van der Waals surface area contributed by atoms with E-state index in [0.717, 1.165) is 30.6 Å². The number of methoxy groups -OCH3 is 1. The van der Waals surface area contributed by atoms with Crippen LogP contribution in [0.15, 0.2) is 22.9 Å². The highest BCUT2D eigenvalue weighted by molar-refractivity contribution is 9.10. The van der Waals surface area contributed by atoms with Gasteiger partial charge in [-0.15, -0.1) is 0 Å². The molecule has 0 fully saturated rings. The third-order valence-corrected chi connectivity index (χ3v) is 2.76. The van der Waals surface area contributed by atoms with Gasteiger partial charge in [-0.2, -0.15) is 0 Å². The summed E-state index contributed by atoms with van der Waals surface area (Å²) in [5, 5.41) is 3.36. The van der Waals surface area contributed by atoms with E-state index in [0.29, 0.717) is 5.92 Å². The van der Waals surface area contributed by atoms with Gasteiger partial charge in [0.15, 0.2) is 0 Å². The lowest BCUT2D eigenvalue weighted by molar-refractivity contribution is 0.198. The fourth-order valence-electron chi connectivity index (χ4n) is 1.56. The van der Waals surface area contributed by atoms with Crippen molar-refractivity contribution in [2.24, 2.45) is 5.92 Å². The average Bonchev–Trinajstić information content (AvgIpc) is 2.24. The molecule has 0 aliphatic heterocycles. The molecule has 3 nitrogen and oxygen atoms in total. The second kappa shape index (κ2) is 7.76. The number of hydrogen-bond donors (Lipinski definition) is 1. The Morgan fingerprint density at radius 3 is 3.00 bits per heavy atom. The lowest BCUT2D eigenvalue weighted by Crippen LogP contribution is -2.25. The van der Waals surface area contributed by atoms with Gasteiger partial charge in [0.25, 0.3) is 0 Å². The molecule has 1 heterocycles. The summed E-state index contributed by atoms with van der Waals surface area (Å²) in [4.78, 5) is 4.16. The van der Waals surface area contributed by atoms with E-state index in [1.54, 1.807) is 7.11 Å². The zero-order valence-electron chi connectivity index (χ0n) is 9.87. The maximum atomic E-state index is 4.98. The third-order valence-electron chi connectivity index (χ3n) is 2.32. The predicted molar refractivity (Wildman–Crippen MR) is 69.6 cm³/mol. The number of rotatable bonds is 7. The van der Waals surface area contributed by atoms with Gasteiger partial charge in [0, 0.05) is 30.5 Å². The molecule has 1 N–H and O–H groups in total. The van der Waals surface area contributed by atoms with Crippen molar-refractivity contribution in [1.82, 2.24) is 10.3 Å². The highest BCUT2D eigenvalue weighted by Gasteiger charge is 2.03. The summed E-state index contributed by atoms with van der Waals surface area (Å²) in [5.74, 6) is 0.605. The first-order chi connectivity index (χ1) is 7.72.